The molecule has 0 saturated carbocycles. The average Bonchev–Trinajstić information content (AvgIpc) is 2.34. The van der Waals surface area contributed by atoms with Crippen molar-refractivity contribution in [3.63, 3.8) is 0 Å². The van der Waals surface area contributed by atoms with Crippen LogP contribution in [-0.4, -0.2) is 16.7 Å². The molecular weight excluding hydrogens is 242 g/mol. The second-order valence-electron chi connectivity index (χ2n) is 5.22. The van der Waals surface area contributed by atoms with Crippen LogP contribution >= 0.6 is 0 Å². The average molecular weight is 263 g/mol. The lowest BCUT2D eigenvalue weighted by atomic mass is 9.83. The summed E-state index contributed by atoms with van der Waals surface area (Å²) in [5.41, 5.74) is 7.31. The molecule has 3 N–H and O–H groups in total. The van der Waals surface area contributed by atoms with Crippen LogP contribution in [0.2, 0.25) is 0 Å². The highest BCUT2D eigenvalue weighted by Crippen LogP contribution is 2.28. The summed E-state index contributed by atoms with van der Waals surface area (Å²) in [6, 6.07) is 0. The summed E-state index contributed by atoms with van der Waals surface area (Å²) in [7, 11) is 0. The number of rotatable bonds is 4. The molecule has 1 aliphatic carbocycles. The molecule has 0 amide bonds. The first-order valence-corrected chi connectivity index (χ1v) is 6.39. The van der Waals surface area contributed by atoms with Gasteiger partial charge in [0.05, 0.1) is 5.70 Å². The molecule has 0 aromatic rings. The van der Waals surface area contributed by atoms with Gasteiger partial charge in [-0.15, -0.1) is 0 Å². The van der Waals surface area contributed by atoms with Crippen LogP contribution < -0.4 is 5.73 Å². The van der Waals surface area contributed by atoms with E-state index in [1.54, 1.807) is 0 Å². The molecule has 0 spiro atoms. The van der Waals surface area contributed by atoms with Gasteiger partial charge in [0.2, 0.25) is 11.6 Å². The Labute approximate surface area is 113 Å². The highest BCUT2D eigenvalue weighted by Gasteiger charge is 2.33. The minimum Gasteiger partial charge on any atom is -0.505 e. The van der Waals surface area contributed by atoms with Crippen LogP contribution in [0.15, 0.2) is 34.3 Å². The Hall–Kier alpha value is -1.84. The van der Waals surface area contributed by atoms with E-state index >= 15 is 0 Å². The van der Waals surface area contributed by atoms with E-state index in [0.29, 0.717) is 6.42 Å². The van der Waals surface area contributed by atoms with Gasteiger partial charge in [0.25, 0.3) is 0 Å². The van der Waals surface area contributed by atoms with Gasteiger partial charge in [0.15, 0.2) is 0 Å². The minimum atomic E-state index is -0.657. The highest BCUT2D eigenvalue weighted by molar-refractivity contribution is 6.50. The maximum atomic E-state index is 12.0. The van der Waals surface area contributed by atoms with Gasteiger partial charge in [0.1, 0.15) is 5.76 Å². The summed E-state index contributed by atoms with van der Waals surface area (Å²) in [5, 5.41) is 9.78. The van der Waals surface area contributed by atoms with Gasteiger partial charge in [-0.1, -0.05) is 18.6 Å². The molecule has 1 aliphatic rings. The van der Waals surface area contributed by atoms with Crippen molar-refractivity contribution in [2.75, 3.05) is 0 Å². The van der Waals surface area contributed by atoms with E-state index in [0.717, 1.165) is 6.42 Å². The summed E-state index contributed by atoms with van der Waals surface area (Å²) in [6.07, 6.45) is 3.60. The lowest BCUT2D eigenvalue weighted by Gasteiger charge is -2.21. The van der Waals surface area contributed by atoms with Crippen molar-refractivity contribution in [2.45, 2.75) is 40.5 Å². The number of aliphatic hydroxyl groups excluding tert-OH is 1. The summed E-state index contributed by atoms with van der Waals surface area (Å²) in [5.74, 6) is -1.65. The number of nitrogens with two attached hydrogens (primary N) is 1. The van der Waals surface area contributed by atoms with Crippen molar-refractivity contribution in [3.8, 4) is 0 Å². The molecule has 19 heavy (non-hydrogen) atoms. The van der Waals surface area contributed by atoms with Crippen molar-refractivity contribution in [3.05, 3.63) is 34.3 Å². The predicted octanol–water partition coefficient (Wildman–Crippen LogP) is 2.57. The van der Waals surface area contributed by atoms with Crippen LogP contribution in [0.25, 0.3) is 0 Å². The molecular formula is C15H21NO3. The molecule has 1 unspecified atom stereocenters. The van der Waals surface area contributed by atoms with Gasteiger partial charge in [-0.2, -0.15) is 0 Å². The number of hydrogen-bond acceptors (Lipinski definition) is 4. The number of allylic oxidation sites excluding steroid dienone is 4. The third-order valence-electron chi connectivity index (χ3n) is 3.34. The molecule has 0 radical (unpaired) electrons. The molecule has 1 rings (SSSR count). The van der Waals surface area contributed by atoms with Crippen molar-refractivity contribution >= 4 is 11.6 Å². The van der Waals surface area contributed by atoms with Gasteiger partial charge in [-0.05, 0) is 39.5 Å². The van der Waals surface area contributed by atoms with E-state index in [4.69, 9.17) is 5.73 Å². The first-order valence-electron chi connectivity index (χ1n) is 6.39. The van der Waals surface area contributed by atoms with Gasteiger partial charge >= 0.3 is 0 Å². The number of carbonyl (C=O) groups is 2. The standard InChI is InChI=1S/C15H21NO3/c1-8(2)6-5-7-9(3)11-12(16)13(17)10(4)14(18)15(11)19/h6,9,17H,5,7,16H2,1-4H3. The molecule has 0 fully saturated rings. The third-order valence-corrected chi connectivity index (χ3v) is 3.34. The quantitative estimate of drug-likeness (QED) is 0.464. The monoisotopic (exact) mass is 263 g/mol. The van der Waals surface area contributed by atoms with E-state index in [1.807, 2.05) is 20.8 Å². The van der Waals surface area contributed by atoms with Crippen LogP contribution in [-0.2, 0) is 9.59 Å². The normalized spacial score (nSPS) is 17.9. The van der Waals surface area contributed by atoms with Crippen molar-refractivity contribution < 1.29 is 14.7 Å². The molecule has 4 heteroatoms. The summed E-state index contributed by atoms with van der Waals surface area (Å²) >= 11 is 0. The Kier molecular flexibility index (Phi) is 4.70. The Morgan fingerprint density at radius 1 is 1.32 bits per heavy atom. The van der Waals surface area contributed by atoms with E-state index in [9.17, 15) is 14.7 Å². The van der Waals surface area contributed by atoms with Crippen LogP contribution in [0, 0.1) is 5.92 Å². The minimum absolute atomic E-state index is 0.0303. The number of Topliss-reactive ketones (excluding diaryl/α,β-unsaturated/α-hetero) is 2. The zero-order valence-electron chi connectivity index (χ0n) is 11.9. The zero-order valence-corrected chi connectivity index (χ0v) is 11.9. The van der Waals surface area contributed by atoms with E-state index in [1.165, 1.54) is 12.5 Å². The summed E-state index contributed by atoms with van der Waals surface area (Å²) in [6.45, 7) is 7.27. The lowest BCUT2D eigenvalue weighted by molar-refractivity contribution is -0.132. The van der Waals surface area contributed by atoms with Crippen LogP contribution in [0.5, 0.6) is 0 Å². The van der Waals surface area contributed by atoms with Gasteiger partial charge < -0.3 is 10.8 Å². The van der Waals surface area contributed by atoms with E-state index in [-0.39, 0.29) is 28.5 Å². The Morgan fingerprint density at radius 3 is 2.42 bits per heavy atom. The fourth-order valence-electron chi connectivity index (χ4n) is 2.11. The zero-order chi connectivity index (χ0) is 14.7. The van der Waals surface area contributed by atoms with Crippen molar-refractivity contribution in [1.82, 2.24) is 0 Å². The number of hydrogen-bond donors (Lipinski definition) is 2. The second kappa shape index (κ2) is 5.87. The smallest absolute Gasteiger partial charge is 0.232 e. The molecule has 0 bridgehead atoms. The molecule has 0 aliphatic heterocycles. The highest BCUT2D eigenvalue weighted by atomic mass is 16.3. The van der Waals surface area contributed by atoms with Gasteiger partial charge in [-0.3, -0.25) is 9.59 Å². The Morgan fingerprint density at radius 2 is 1.89 bits per heavy atom. The summed E-state index contributed by atoms with van der Waals surface area (Å²) in [4.78, 5) is 23.7. The molecule has 104 valence electrons. The van der Waals surface area contributed by atoms with Crippen molar-refractivity contribution in [2.24, 2.45) is 11.7 Å². The maximum absolute atomic E-state index is 12.0. The molecule has 0 saturated heterocycles. The van der Waals surface area contributed by atoms with Crippen LogP contribution in [0.1, 0.15) is 40.5 Å². The van der Waals surface area contributed by atoms with E-state index < -0.39 is 11.6 Å². The van der Waals surface area contributed by atoms with E-state index in [2.05, 4.69) is 6.08 Å². The Bertz CT molecular complexity index is 505. The molecule has 0 aromatic carbocycles. The fraction of sp³-hybridized carbons (Fsp3) is 0.467. The largest absolute Gasteiger partial charge is 0.505 e. The molecule has 4 nitrogen and oxygen atoms in total. The first-order chi connectivity index (χ1) is 8.77. The summed E-state index contributed by atoms with van der Waals surface area (Å²) < 4.78 is 0. The fourth-order valence-corrected chi connectivity index (χ4v) is 2.11. The molecule has 0 aromatic heterocycles. The third kappa shape index (κ3) is 3.13. The van der Waals surface area contributed by atoms with Crippen LogP contribution in [0.3, 0.4) is 0 Å². The van der Waals surface area contributed by atoms with Gasteiger partial charge in [-0.25, -0.2) is 0 Å². The first kappa shape index (κ1) is 15.2. The molecule has 1 atom stereocenters. The van der Waals surface area contributed by atoms with Gasteiger partial charge in [0, 0.05) is 11.1 Å². The second-order valence-corrected chi connectivity index (χ2v) is 5.22. The maximum Gasteiger partial charge on any atom is 0.232 e. The number of aliphatic hydroxyl groups is 1. The number of ketones is 2. The lowest BCUT2D eigenvalue weighted by Crippen LogP contribution is -2.30. The van der Waals surface area contributed by atoms with Crippen LogP contribution in [0.4, 0.5) is 0 Å². The predicted molar refractivity (Wildman–Crippen MR) is 74.4 cm³/mol. The SMILES string of the molecule is CC(C)=CCCC(C)C1=C(N)C(O)=C(C)C(=O)C1=O. The topological polar surface area (TPSA) is 80.4 Å². The number of carbonyl (C=O) groups excluding carboxylic acids is 2. The van der Waals surface area contributed by atoms with Crippen molar-refractivity contribution in [1.29, 1.82) is 0 Å². The molecule has 0 heterocycles. The Balaban J connectivity index is 3.00.